The third-order valence-corrected chi connectivity index (χ3v) is 4.46. The van der Waals surface area contributed by atoms with Gasteiger partial charge in [-0.3, -0.25) is 4.79 Å². The highest BCUT2D eigenvalue weighted by molar-refractivity contribution is 6.32. The van der Waals surface area contributed by atoms with E-state index in [1.165, 1.54) is 0 Å². The summed E-state index contributed by atoms with van der Waals surface area (Å²) in [6.45, 7) is -0.174. The van der Waals surface area contributed by atoms with E-state index in [0.29, 0.717) is 32.9 Å². The third kappa shape index (κ3) is 4.28. The van der Waals surface area contributed by atoms with Crippen LogP contribution in [0.2, 0.25) is 5.02 Å². The van der Waals surface area contributed by atoms with Crippen LogP contribution in [0.5, 0.6) is 5.75 Å². The first-order valence-electron chi connectivity index (χ1n) is 8.78. The summed E-state index contributed by atoms with van der Waals surface area (Å²) in [7, 11) is 0. The summed E-state index contributed by atoms with van der Waals surface area (Å²) >= 11 is 6.00. The van der Waals surface area contributed by atoms with Gasteiger partial charge in [0.15, 0.2) is 6.61 Å². The maximum absolute atomic E-state index is 12.1. The zero-order chi connectivity index (χ0) is 20.2. The van der Waals surface area contributed by atoms with Gasteiger partial charge in [0.25, 0.3) is 5.91 Å². The molecule has 0 bridgehead atoms. The molecule has 29 heavy (non-hydrogen) atoms. The van der Waals surface area contributed by atoms with Crippen molar-refractivity contribution in [3.63, 3.8) is 0 Å². The summed E-state index contributed by atoms with van der Waals surface area (Å²) in [6, 6.07) is 20.7. The van der Waals surface area contributed by atoms with Gasteiger partial charge in [-0.15, -0.1) is 0 Å². The van der Waals surface area contributed by atoms with Gasteiger partial charge in [0.1, 0.15) is 5.75 Å². The molecule has 0 aliphatic heterocycles. The SMILES string of the molecule is O=C(COc1ccccc1Cl)Nc1ccc(-c2nc3ccccc3c(=O)o2)cc1. The largest absolute Gasteiger partial charge is 0.482 e. The fraction of sp³-hybridized carbons (Fsp3) is 0.0455. The van der Waals surface area contributed by atoms with Crippen LogP contribution in [0, 0.1) is 0 Å². The predicted molar refractivity (Wildman–Crippen MR) is 111 cm³/mol. The number of carbonyl (C=O) groups excluding carboxylic acids is 1. The van der Waals surface area contributed by atoms with Crippen LogP contribution < -0.4 is 15.7 Å². The number of hydrogen-bond donors (Lipinski definition) is 1. The molecule has 3 aromatic carbocycles. The van der Waals surface area contributed by atoms with Gasteiger partial charge in [0.05, 0.1) is 15.9 Å². The maximum Gasteiger partial charge on any atom is 0.347 e. The third-order valence-electron chi connectivity index (χ3n) is 4.15. The van der Waals surface area contributed by atoms with Crippen molar-refractivity contribution in [3.8, 4) is 17.2 Å². The van der Waals surface area contributed by atoms with Crippen LogP contribution in [-0.2, 0) is 4.79 Å². The molecule has 0 aliphatic rings. The lowest BCUT2D eigenvalue weighted by atomic mass is 10.2. The van der Waals surface area contributed by atoms with Crippen LogP contribution in [0.1, 0.15) is 0 Å². The summed E-state index contributed by atoms with van der Waals surface area (Å²) in [6.07, 6.45) is 0. The lowest BCUT2D eigenvalue weighted by Crippen LogP contribution is -2.20. The van der Waals surface area contributed by atoms with Crippen molar-refractivity contribution in [2.45, 2.75) is 0 Å². The Kier molecular flexibility index (Phi) is 5.27. The van der Waals surface area contributed by atoms with Gasteiger partial charge >= 0.3 is 5.63 Å². The number of aromatic nitrogens is 1. The van der Waals surface area contributed by atoms with Gasteiger partial charge in [0, 0.05) is 11.3 Å². The Hall–Kier alpha value is -3.64. The maximum atomic E-state index is 12.1. The summed E-state index contributed by atoms with van der Waals surface area (Å²) in [5.41, 5.74) is 1.32. The number of amides is 1. The van der Waals surface area contributed by atoms with Crippen LogP contribution in [0.4, 0.5) is 5.69 Å². The van der Waals surface area contributed by atoms with Gasteiger partial charge in [-0.25, -0.2) is 9.78 Å². The average Bonchev–Trinajstić information content (AvgIpc) is 2.74. The molecule has 1 heterocycles. The van der Waals surface area contributed by atoms with Crippen LogP contribution >= 0.6 is 11.6 Å². The van der Waals surface area contributed by atoms with E-state index in [1.807, 2.05) is 6.07 Å². The number of nitrogens with one attached hydrogen (secondary N) is 1. The number of anilines is 1. The van der Waals surface area contributed by atoms with Crippen molar-refractivity contribution < 1.29 is 13.9 Å². The highest BCUT2D eigenvalue weighted by Gasteiger charge is 2.10. The Morgan fingerprint density at radius 2 is 1.72 bits per heavy atom. The molecule has 0 atom stereocenters. The van der Waals surface area contributed by atoms with Crippen LogP contribution in [0.25, 0.3) is 22.4 Å². The van der Waals surface area contributed by atoms with E-state index in [4.69, 9.17) is 20.8 Å². The fourth-order valence-corrected chi connectivity index (χ4v) is 2.93. The summed E-state index contributed by atoms with van der Waals surface area (Å²) in [5.74, 6) is 0.332. The predicted octanol–water partition coefficient (Wildman–Crippen LogP) is 4.53. The quantitative estimate of drug-likeness (QED) is 0.526. The minimum absolute atomic E-state index is 0.174. The van der Waals surface area contributed by atoms with E-state index in [9.17, 15) is 9.59 Å². The number of rotatable bonds is 5. The Morgan fingerprint density at radius 3 is 2.52 bits per heavy atom. The normalized spacial score (nSPS) is 10.7. The number of para-hydroxylation sites is 2. The number of nitrogens with zero attached hydrogens (tertiary/aromatic N) is 1. The number of fused-ring (bicyclic) bond motifs is 1. The second-order valence-electron chi connectivity index (χ2n) is 6.17. The molecule has 4 aromatic rings. The molecule has 0 saturated carbocycles. The molecule has 4 rings (SSSR count). The molecule has 144 valence electrons. The van der Waals surface area contributed by atoms with Gasteiger partial charge in [-0.2, -0.15) is 0 Å². The first-order chi connectivity index (χ1) is 14.1. The standard InChI is InChI=1S/C22H15ClN2O4/c23-17-6-2-4-8-19(17)28-13-20(26)24-15-11-9-14(10-12-15)21-25-18-7-3-1-5-16(18)22(27)29-21/h1-12H,13H2,(H,24,26). The van der Waals surface area contributed by atoms with Crippen LogP contribution in [-0.4, -0.2) is 17.5 Å². The van der Waals surface area contributed by atoms with E-state index in [1.54, 1.807) is 66.7 Å². The molecule has 1 N–H and O–H groups in total. The Bertz CT molecular complexity index is 1240. The monoisotopic (exact) mass is 406 g/mol. The first-order valence-corrected chi connectivity index (χ1v) is 9.15. The molecule has 7 heteroatoms. The molecular formula is C22H15ClN2O4. The molecule has 0 fully saturated rings. The van der Waals surface area contributed by atoms with Crippen molar-refractivity contribution in [2.75, 3.05) is 11.9 Å². The molecule has 0 unspecified atom stereocenters. The Balaban J connectivity index is 1.45. The Morgan fingerprint density at radius 1 is 1.00 bits per heavy atom. The van der Waals surface area contributed by atoms with Gasteiger partial charge < -0.3 is 14.5 Å². The molecule has 0 saturated heterocycles. The molecule has 0 spiro atoms. The number of ether oxygens (including phenoxy) is 1. The second kappa shape index (κ2) is 8.16. The summed E-state index contributed by atoms with van der Waals surface area (Å²) < 4.78 is 10.7. The molecule has 1 amide bonds. The van der Waals surface area contributed by atoms with Crippen molar-refractivity contribution in [3.05, 3.63) is 88.2 Å². The highest BCUT2D eigenvalue weighted by Crippen LogP contribution is 2.23. The fourth-order valence-electron chi connectivity index (χ4n) is 2.74. The smallest absolute Gasteiger partial charge is 0.347 e. The number of benzene rings is 3. The van der Waals surface area contributed by atoms with Crippen molar-refractivity contribution in [1.82, 2.24) is 4.98 Å². The average molecular weight is 407 g/mol. The van der Waals surface area contributed by atoms with Gasteiger partial charge in [0.2, 0.25) is 5.89 Å². The van der Waals surface area contributed by atoms with E-state index in [0.717, 1.165) is 0 Å². The van der Waals surface area contributed by atoms with E-state index < -0.39 is 5.63 Å². The van der Waals surface area contributed by atoms with Crippen molar-refractivity contribution in [1.29, 1.82) is 0 Å². The topological polar surface area (TPSA) is 81.4 Å². The highest BCUT2D eigenvalue weighted by atomic mass is 35.5. The Labute approximate surface area is 170 Å². The van der Waals surface area contributed by atoms with E-state index >= 15 is 0 Å². The molecule has 6 nitrogen and oxygen atoms in total. The molecule has 0 radical (unpaired) electrons. The zero-order valence-corrected chi connectivity index (χ0v) is 15.8. The number of halogens is 1. The molecule has 1 aromatic heterocycles. The van der Waals surface area contributed by atoms with Gasteiger partial charge in [-0.1, -0.05) is 35.9 Å². The van der Waals surface area contributed by atoms with Crippen molar-refractivity contribution >= 4 is 34.1 Å². The molecule has 0 aliphatic carbocycles. The van der Waals surface area contributed by atoms with Gasteiger partial charge in [-0.05, 0) is 48.5 Å². The zero-order valence-electron chi connectivity index (χ0n) is 15.1. The first kappa shape index (κ1) is 18.7. The van der Waals surface area contributed by atoms with Crippen LogP contribution in [0.15, 0.2) is 82.0 Å². The summed E-state index contributed by atoms with van der Waals surface area (Å²) in [5, 5.41) is 3.60. The minimum Gasteiger partial charge on any atom is -0.482 e. The number of carbonyl (C=O) groups is 1. The lowest BCUT2D eigenvalue weighted by molar-refractivity contribution is -0.118. The summed E-state index contributed by atoms with van der Waals surface area (Å²) in [4.78, 5) is 28.6. The lowest BCUT2D eigenvalue weighted by Gasteiger charge is -2.09. The van der Waals surface area contributed by atoms with Crippen LogP contribution in [0.3, 0.4) is 0 Å². The molecular weight excluding hydrogens is 392 g/mol. The number of hydrogen-bond acceptors (Lipinski definition) is 5. The second-order valence-corrected chi connectivity index (χ2v) is 6.58. The van der Waals surface area contributed by atoms with Crippen molar-refractivity contribution in [2.24, 2.45) is 0 Å². The van der Waals surface area contributed by atoms with E-state index in [2.05, 4.69) is 10.3 Å². The minimum atomic E-state index is -0.445. The van der Waals surface area contributed by atoms with E-state index in [-0.39, 0.29) is 18.4 Å².